The minimum atomic E-state index is 0.215. The summed E-state index contributed by atoms with van der Waals surface area (Å²) in [6.45, 7) is 0.215. The molecule has 0 aliphatic heterocycles. The Morgan fingerprint density at radius 2 is 2.14 bits per heavy atom. The number of para-hydroxylation sites is 1. The number of hydrogen-bond donors (Lipinski definition) is 0. The Morgan fingerprint density at radius 1 is 1.29 bits per heavy atom. The minimum Gasteiger partial charge on any atom is -0.493 e. The van der Waals surface area contributed by atoms with Crippen LogP contribution in [0.15, 0.2) is 34.1 Å². The van der Waals surface area contributed by atoms with E-state index in [0.29, 0.717) is 22.5 Å². The van der Waals surface area contributed by atoms with E-state index in [1.165, 1.54) is 11.3 Å². The van der Waals surface area contributed by atoms with Crippen LogP contribution in [0.4, 0.5) is 0 Å². The van der Waals surface area contributed by atoms with Gasteiger partial charge < -0.3 is 9.47 Å². The summed E-state index contributed by atoms with van der Waals surface area (Å²) in [7, 11) is 1.60. The van der Waals surface area contributed by atoms with Crippen molar-refractivity contribution in [3.8, 4) is 11.5 Å². The summed E-state index contributed by atoms with van der Waals surface area (Å²) in [5.74, 6) is 1.80. The number of thiophene rings is 1. The van der Waals surface area contributed by atoms with Gasteiger partial charge in [-0.05, 0) is 39.5 Å². The number of methoxy groups -OCH3 is 1. The second-order valence-electron chi connectivity index (χ2n) is 4.13. The van der Waals surface area contributed by atoms with E-state index in [1.54, 1.807) is 7.11 Å². The Balaban J connectivity index is 1.86. The van der Waals surface area contributed by atoms with Gasteiger partial charge in [0.05, 0.1) is 11.6 Å². The molecule has 0 aliphatic carbocycles. The summed E-state index contributed by atoms with van der Waals surface area (Å²) < 4.78 is 11.9. The zero-order valence-corrected chi connectivity index (χ0v) is 14.1. The first-order valence-electron chi connectivity index (χ1n) is 6.04. The van der Waals surface area contributed by atoms with Crippen molar-refractivity contribution in [1.82, 2.24) is 9.97 Å². The Bertz CT molecular complexity index is 794. The number of ether oxygens (including phenoxy) is 2. The van der Waals surface area contributed by atoms with E-state index in [0.717, 1.165) is 14.7 Å². The van der Waals surface area contributed by atoms with Crippen LogP contribution in [0.1, 0.15) is 5.82 Å². The number of halogens is 2. The van der Waals surface area contributed by atoms with Crippen molar-refractivity contribution < 1.29 is 9.47 Å². The Labute approximate surface area is 138 Å². The van der Waals surface area contributed by atoms with E-state index in [-0.39, 0.29) is 6.61 Å². The number of rotatable bonds is 4. The van der Waals surface area contributed by atoms with Crippen molar-refractivity contribution in [3.05, 3.63) is 45.1 Å². The molecule has 2 aromatic heterocycles. The first kappa shape index (κ1) is 14.6. The molecule has 108 valence electrons. The summed E-state index contributed by atoms with van der Waals surface area (Å²) in [5, 5.41) is 3.25. The van der Waals surface area contributed by atoms with Gasteiger partial charge in [0.2, 0.25) is 0 Å². The number of fused-ring (bicyclic) bond motifs is 1. The fraction of sp³-hybridized carbons (Fsp3) is 0.143. The Hall–Kier alpha value is -1.37. The molecule has 2 heterocycles. The summed E-state index contributed by atoms with van der Waals surface area (Å²) in [6.07, 6.45) is 0. The van der Waals surface area contributed by atoms with Gasteiger partial charge in [0, 0.05) is 5.39 Å². The number of nitrogens with zero attached hydrogens (tertiary/aromatic N) is 2. The largest absolute Gasteiger partial charge is 0.493 e. The smallest absolute Gasteiger partial charge is 0.175 e. The van der Waals surface area contributed by atoms with Crippen LogP contribution in [0, 0.1) is 0 Å². The quantitative estimate of drug-likeness (QED) is 0.611. The molecule has 4 nitrogen and oxygen atoms in total. The lowest BCUT2D eigenvalue weighted by Crippen LogP contribution is -2.03. The number of hydrogen-bond acceptors (Lipinski definition) is 5. The van der Waals surface area contributed by atoms with Crippen LogP contribution in [0.25, 0.3) is 10.2 Å². The molecule has 0 saturated heterocycles. The van der Waals surface area contributed by atoms with E-state index in [1.807, 2.05) is 29.6 Å². The van der Waals surface area contributed by atoms with Gasteiger partial charge in [0.25, 0.3) is 0 Å². The molecule has 0 amide bonds. The fourth-order valence-electron chi connectivity index (χ4n) is 1.85. The third-order valence-electron chi connectivity index (χ3n) is 2.82. The summed E-state index contributed by atoms with van der Waals surface area (Å²) in [5.41, 5.74) is 0. The van der Waals surface area contributed by atoms with Gasteiger partial charge >= 0.3 is 0 Å². The average molecular weight is 386 g/mol. The molecule has 3 aromatic rings. The monoisotopic (exact) mass is 384 g/mol. The molecule has 0 saturated carbocycles. The third-order valence-corrected chi connectivity index (χ3v) is 4.54. The van der Waals surface area contributed by atoms with Crippen molar-refractivity contribution in [3.63, 3.8) is 0 Å². The van der Waals surface area contributed by atoms with E-state index in [9.17, 15) is 0 Å². The van der Waals surface area contributed by atoms with E-state index in [2.05, 4.69) is 25.9 Å². The average Bonchev–Trinajstić information content (AvgIpc) is 2.94. The highest BCUT2D eigenvalue weighted by Gasteiger charge is 2.11. The van der Waals surface area contributed by atoms with Crippen molar-refractivity contribution in [2.45, 2.75) is 6.61 Å². The maximum Gasteiger partial charge on any atom is 0.175 e. The minimum absolute atomic E-state index is 0.215. The maximum absolute atomic E-state index is 6.14. The normalized spacial score (nSPS) is 10.8. The first-order chi connectivity index (χ1) is 10.2. The Morgan fingerprint density at radius 3 is 2.95 bits per heavy atom. The zero-order chi connectivity index (χ0) is 14.8. The SMILES string of the molecule is COc1cccc(Br)c1OCc1nc(Cl)c2ccsc2n1. The van der Waals surface area contributed by atoms with Crippen molar-refractivity contribution in [2.24, 2.45) is 0 Å². The summed E-state index contributed by atoms with van der Waals surface area (Å²) >= 11 is 11.1. The van der Waals surface area contributed by atoms with Crippen LogP contribution in [-0.2, 0) is 6.61 Å². The molecular formula is C14H10BrClN2O2S. The molecule has 21 heavy (non-hydrogen) atoms. The molecule has 0 N–H and O–H groups in total. The van der Waals surface area contributed by atoms with E-state index < -0.39 is 0 Å². The molecule has 3 rings (SSSR count). The number of aromatic nitrogens is 2. The van der Waals surface area contributed by atoms with Crippen LogP contribution in [-0.4, -0.2) is 17.1 Å². The van der Waals surface area contributed by atoms with E-state index in [4.69, 9.17) is 21.1 Å². The predicted octanol–water partition coefficient (Wildman–Crippen LogP) is 4.69. The fourth-order valence-corrected chi connectivity index (χ4v) is 3.40. The molecular weight excluding hydrogens is 376 g/mol. The molecule has 0 radical (unpaired) electrons. The highest BCUT2D eigenvalue weighted by atomic mass is 79.9. The predicted molar refractivity (Wildman–Crippen MR) is 87.5 cm³/mol. The third kappa shape index (κ3) is 2.97. The second kappa shape index (κ2) is 6.17. The van der Waals surface area contributed by atoms with Crippen LogP contribution in [0.2, 0.25) is 5.15 Å². The van der Waals surface area contributed by atoms with Gasteiger partial charge in [-0.25, -0.2) is 9.97 Å². The maximum atomic E-state index is 6.14. The van der Waals surface area contributed by atoms with Gasteiger partial charge in [0.15, 0.2) is 17.3 Å². The molecule has 0 bridgehead atoms. The van der Waals surface area contributed by atoms with Gasteiger partial charge in [0.1, 0.15) is 16.6 Å². The van der Waals surface area contributed by atoms with Crippen molar-refractivity contribution >= 4 is 49.1 Å². The molecule has 0 aliphatic rings. The highest BCUT2D eigenvalue weighted by Crippen LogP contribution is 2.35. The molecule has 0 fully saturated rings. The van der Waals surface area contributed by atoms with Crippen LogP contribution in [0.3, 0.4) is 0 Å². The summed E-state index contributed by atoms with van der Waals surface area (Å²) in [6, 6.07) is 7.50. The van der Waals surface area contributed by atoms with Crippen molar-refractivity contribution in [2.75, 3.05) is 7.11 Å². The molecule has 7 heteroatoms. The standard InChI is InChI=1S/C14H10BrClN2O2S/c1-19-10-4-2-3-9(15)12(10)20-7-11-17-13(16)8-5-6-21-14(8)18-11/h2-6H,7H2,1H3. The molecule has 0 spiro atoms. The first-order valence-corrected chi connectivity index (χ1v) is 8.09. The lowest BCUT2D eigenvalue weighted by atomic mass is 10.3. The van der Waals surface area contributed by atoms with Crippen LogP contribution in [0.5, 0.6) is 11.5 Å². The lowest BCUT2D eigenvalue weighted by Gasteiger charge is -2.11. The second-order valence-corrected chi connectivity index (χ2v) is 6.24. The lowest BCUT2D eigenvalue weighted by molar-refractivity contribution is 0.275. The van der Waals surface area contributed by atoms with Gasteiger partial charge in [-0.3, -0.25) is 0 Å². The van der Waals surface area contributed by atoms with Crippen LogP contribution >= 0.6 is 38.9 Å². The highest BCUT2D eigenvalue weighted by molar-refractivity contribution is 9.10. The van der Waals surface area contributed by atoms with Gasteiger partial charge in [-0.2, -0.15) is 0 Å². The summed E-state index contributed by atoms with van der Waals surface area (Å²) in [4.78, 5) is 9.55. The topological polar surface area (TPSA) is 44.2 Å². The Kier molecular flexibility index (Phi) is 4.28. The van der Waals surface area contributed by atoms with Crippen molar-refractivity contribution in [1.29, 1.82) is 0 Å². The molecule has 0 unspecified atom stereocenters. The number of benzene rings is 1. The molecule has 1 aromatic carbocycles. The van der Waals surface area contributed by atoms with E-state index >= 15 is 0 Å². The van der Waals surface area contributed by atoms with Crippen LogP contribution < -0.4 is 9.47 Å². The zero-order valence-electron chi connectivity index (χ0n) is 11.0. The molecule has 0 atom stereocenters. The van der Waals surface area contributed by atoms with Gasteiger partial charge in [-0.15, -0.1) is 11.3 Å². The van der Waals surface area contributed by atoms with Gasteiger partial charge in [-0.1, -0.05) is 17.7 Å².